The Morgan fingerprint density at radius 2 is 0.667 bits per heavy atom. The molecule has 204 valence electrons. The first-order valence-electron chi connectivity index (χ1n) is 15.6. The van der Waals surface area contributed by atoms with Crippen LogP contribution in [0.15, 0.2) is 33.2 Å². The topological polar surface area (TPSA) is 0 Å². The fraction of sp³-hybridized carbons (Fsp3) is 0.706. The predicted octanol–water partition coefficient (Wildman–Crippen LogP) is 13.3. The minimum absolute atomic E-state index is 1.15. The molecule has 0 saturated heterocycles. The van der Waals surface area contributed by atoms with E-state index in [1.165, 1.54) is 152 Å². The third-order valence-corrected chi connectivity index (χ3v) is 9.64. The quantitative estimate of drug-likeness (QED) is 0.115. The van der Waals surface area contributed by atoms with Crippen molar-refractivity contribution in [2.24, 2.45) is 0 Å². The summed E-state index contributed by atoms with van der Waals surface area (Å²) in [6.45, 7) is 4.60. The maximum atomic E-state index is 3.71. The molecule has 2 aromatic carbocycles. The zero-order valence-electron chi connectivity index (χ0n) is 23.6. The fourth-order valence-corrected chi connectivity index (χ4v) is 6.18. The first-order valence-corrected chi connectivity index (χ1v) is 17.1. The van der Waals surface area contributed by atoms with Crippen LogP contribution in [0.1, 0.15) is 153 Å². The van der Waals surface area contributed by atoms with Crippen molar-refractivity contribution < 1.29 is 0 Å². The summed E-state index contributed by atoms with van der Waals surface area (Å²) in [5.41, 5.74) is 3.21. The van der Waals surface area contributed by atoms with E-state index in [4.69, 9.17) is 0 Å². The Morgan fingerprint density at radius 1 is 0.389 bits per heavy atom. The van der Waals surface area contributed by atoms with E-state index in [-0.39, 0.29) is 0 Å². The van der Waals surface area contributed by atoms with Gasteiger partial charge in [0.1, 0.15) is 0 Å². The van der Waals surface area contributed by atoms with Crippen LogP contribution in [-0.2, 0) is 12.8 Å². The standard InChI is InChI=1S/C34H54Br2/c1-3-5-7-9-11-13-15-17-19-21-23-29-25-31-27-33(35)34(36)28-32(31)26-30(29)24-22-20-18-16-14-12-10-8-6-4-2/h25-28H,3-24H2,1-2H3. The summed E-state index contributed by atoms with van der Waals surface area (Å²) in [6.07, 6.45) is 30.7. The average Bonchev–Trinajstić information content (AvgIpc) is 2.87. The molecule has 0 fully saturated rings. The number of rotatable bonds is 22. The number of fused-ring (bicyclic) bond motifs is 1. The largest absolute Gasteiger partial charge is 0.0654 e. The van der Waals surface area contributed by atoms with Crippen LogP contribution in [0, 0.1) is 0 Å². The Balaban J connectivity index is 1.78. The second-order valence-corrected chi connectivity index (χ2v) is 12.8. The Labute approximate surface area is 241 Å². The van der Waals surface area contributed by atoms with Crippen molar-refractivity contribution in [3.8, 4) is 0 Å². The van der Waals surface area contributed by atoms with Crippen molar-refractivity contribution in [2.45, 2.75) is 155 Å². The SMILES string of the molecule is CCCCCCCCCCCCc1cc2cc(Br)c(Br)cc2cc1CCCCCCCCCCCC. The summed E-state index contributed by atoms with van der Waals surface area (Å²) in [6, 6.07) is 9.55. The van der Waals surface area contributed by atoms with Crippen LogP contribution in [0.4, 0.5) is 0 Å². The summed E-state index contributed by atoms with van der Waals surface area (Å²) in [4.78, 5) is 0. The summed E-state index contributed by atoms with van der Waals surface area (Å²) < 4.78 is 2.31. The van der Waals surface area contributed by atoms with Gasteiger partial charge in [-0.25, -0.2) is 0 Å². The predicted molar refractivity (Wildman–Crippen MR) is 170 cm³/mol. The molecule has 0 spiro atoms. The van der Waals surface area contributed by atoms with E-state index >= 15 is 0 Å². The number of hydrogen-bond acceptors (Lipinski definition) is 0. The minimum atomic E-state index is 1.15. The molecule has 2 aromatic rings. The Bertz CT molecular complexity index is 757. The highest BCUT2D eigenvalue weighted by atomic mass is 79.9. The molecule has 0 aliphatic rings. The highest BCUT2D eigenvalue weighted by Crippen LogP contribution is 2.31. The van der Waals surface area contributed by atoms with Gasteiger partial charge in [-0.05, 0) is 91.6 Å². The average molecular weight is 623 g/mol. The first-order chi connectivity index (χ1) is 17.7. The molecular weight excluding hydrogens is 568 g/mol. The van der Waals surface area contributed by atoms with Gasteiger partial charge in [-0.3, -0.25) is 0 Å². The van der Waals surface area contributed by atoms with E-state index in [1.54, 1.807) is 11.1 Å². The van der Waals surface area contributed by atoms with E-state index in [0.29, 0.717) is 0 Å². The molecule has 0 N–H and O–H groups in total. The van der Waals surface area contributed by atoms with Gasteiger partial charge < -0.3 is 0 Å². The Kier molecular flexibility index (Phi) is 18.2. The van der Waals surface area contributed by atoms with Crippen molar-refractivity contribution >= 4 is 42.6 Å². The Hall–Kier alpha value is -0.340. The second-order valence-electron chi connectivity index (χ2n) is 11.1. The van der Waals surface area contributed by atoms with Crippen LogP contribution < -0.4 is 0 Å². The number of aryl methyl sites for hydroxylation is 2. The maximum Gasteiger partial charge on any atom is 0.0323 e. The zero-order chi connectivity index (χ0) is 25.8. The highest BCUT2D eigenvalue weighted by Gasteiger charge is 2.08. The van der Waals surface area contributed by atoms with Gasteiger partial charge in [-0.1, -0.05) is 142 Å². The lowest BCUT2D eigenvalue weighted by molar-refractivity contribution is 0.553. The molecule has 0 nitrogen and oxygen atoms in total. The van der Waals surface area contributed by atoms with Gasteiger partial charge in [0.15, 0.2) is 0 Å². The van der Waals surface area contributed by atoms with Crippen molar-refractivity contribution in [2.75, 3.05) is 0 Å². The lowest BCUT2D eigenvalue weighted by atomic mass is 9.93. The van der Waals surface area contributed by atoms with E-state index in [2.05, 4.69) is 70.0 Å². The lowest BCUT2D eigenvalue weighted by Gasteiger charge is -2.13. The van der Waals surface area contributed by atoms with Crippen LogP contribution in [0.2, 0.25) is 0 Å². The fourth-order valence-electron chi connectivity index (χ4n) is 5.46. The van der Waals surface area contributed by atoms with Gasteiger partial charge in [0, 0.05) is 8.95 Å². The van der Waals surface area contributed by atoms with Gasteiger partial charge in [-0.2, -0.15) is 0 Å². The molecule has 0 saturated carbocycles. The summed E-state index contributed by atoms with van der Waals surface area (Å²) >= 11 is 7.42. The van der Waals surface area contributed by atoms with Crippen LogP contribution in [-0.4, -0.2) is 0 Å². The van der Waals surface area contributed by atoms with Crippen LogP contribution >= 0.6 is 31.9 Å². The third kappa shape index (κ3) is 13.5. The smallest absolute Gasteiger partial charge is 0.0323 e. The normalized spacial score (nSPS) is 11.6. The van der Waals surface area contributed by atoms with Crippen molar-refractivity contribution in [3.05, 3.63) is 44.3 Å². The van der Waals surface area contributed by atoms with Crippen LogP contribution in [0.5, 0.6) is 0 Å². The van der Waals surface area contributed by atoms with Gasteiger partial charge >= 0.3 is 0 Å². The van der Waals surface area contributed by atoms with Gasteiger partial charge in [-0.15, -0.1) is 0 Å². The van der Waals surface area contributed by atoms with Gasteiger partial charge in [0.2, 0.25) is 0 Å². The van der Waals surface area contributed by atoms with Crippen LogP contribution in [0.3, 0.4) is 0 Å². The molecule has 0 aliphatic heterocycles. The molecule has 2 rings (SSSR count). The molecule has 36 heavy (non-hydrogen) atoms. The molecule has 0 unspecified atom stereocenters. The molecular formula is C34H54Br2. The second kappa shape index (κ2) is 20.6. The minimum Gasteiger partial charge on any atom is -0.0654 e. The molecule has 2 heteroatoms. The maximum absolute atomic E-state index is 3.71. The monoisotopic (exact) mass is 620 g/mol. The van der Waals surface area contributed by atoms with E-state index in [0.717, 1.165) is 8.95 Å². The molecule has 0 radical (unpaired) electrons. The molecule has 0 aliphatic carbocycles. The molecule has 0 amide bonds. The number of hydrogen-bond donors (Lipinski definition) is 0. The molecule has 0 bridgehead atoms. The van der Waals surface area contributed by atoms with E-state index < -0.39 is 0 Å². The first kappa shape index (κ1) is 31.9. The lowest BCUT2D eigenvalue weighted by Crippen LogP contribution is -1.97. The third-order valence-electron chi connectivity index (χ3n) is 7.80. The summed E-state index contributed by atoms with van der Waals surface area (Å²) in [5.74, 6) is 0. The van der Waals surface area contributed by atoms with Crippen molar-refractivity contribution in [3.63, 3.8) is 0 Å². The van der Waals surface area contributed by atoms with E-state index in [9.17, 15) is 0 Å². The van der Waals surface area contributed by atoms with E-state index in [1.807, 2.05) is 0 Å². The van der Waals surface area contributed by atoms with Gasteiger partial charge in [0.25, 0.3) is 0 Å². The van der Waals surface area contributed by atoms with Crippen molar-refractivity contribution in [1.82, 2.24) is 0 Å². The summed E-state index contributed by atoms with van der Waals surface area (Å²) in [5, 5.41) is 2.75. The highest BCUT2D eigenvalue weighted by molar-refractivity contribution is 9.13. The molecule has 0 heterocycles. The van der Waals surface area contributed by atoms with Crippen molar-refractivity contribution in [1.29, 1.82) is 0 Å². The Morgan fingerprint density at radius 3 is 0.972 bits per heavy atom. The number of benzene rings is 2. The van der Waals surface area contributed by atoms with Gasteiger partial charge in [0.05, 0.1) is 0 Å². The number of halogens is 2. The van der Waals surface area contributed by atoms with Crippen LogP contribution in [0.25, 0.3) is 10.8 Å². The molecule has 0 aromatic heterocycles. The molecule has 0 atom stereocenters. The zero-order valence-corrected chi connectivity index (χ0v) is 26.8. The number of unbranched alkanes of at least 4 members (excludes halogenated alkanes) is 18. The summed E-state index contributed by atoms with van der Waals surface area (Å²) in [7, 11) is 0.